The number of anilines is 1. The first-order chi connectivity index (χ1) is 14.0. The molecule has 144 valence electrons. The number of aryl methyl sites for hydroxylation is 1. The van der Waals surface area contributed by atoms with Crippen LogP contribution in [0.25, 0.3) is 6.08 Å². The Morgan fingerprint density at radius 2 is 1.45 bits per heavy atom. The summed E-state index contributed by atoms with van der Waals surface area (Å²) in [6, 6.07) is 22.4. The average molecular weight is 439 g/mol. The van der Waals surface area contributed by atoms with E-state index in [0.717, 1.165) is 11.3 Å². The third kappa shape index (κ3) is 4.56. The largest absolute Gasteiger partial charge is 0.271 e. The fourth-order valence-corrected chi connectivity index (χ4v) is 4.06. The van der Waals surface area contributed by atoms with Crippen LogP contribution < -0.4 is 4.90 Å². The Balaban J connectivity index is 1.76. The van der Waals surface area contributed by atoms with Gasteiger partial charge in [0.2, 0.25) is 0 Å². The van der Waals surface area contributed by atoms with Gasteiger partial charge in [-0.05, 0) is 78.9 Å². The lowest BCUT2D eigenvalue weighted by atomic mass is 10.1. The molecule has 0 spiro atoms. The van der Waals surface area contributed by atoms with E-state index >= 15 is 0 Å². The van der Waals surface area contributed by atoms with Crippen molar-refractivity contribution in [3.8, 4) is 0 Å². The number of thioether (sulfide) groups is 1. The van der Waals surface area contributed by atoms with E-state index < -0.39 is 0 Å². The Labute approximate surface area is 183 Å². The van der Waals surface area contributed by atoms with Crippen LogP contribution in [0.1, 0.15) is 11.1 Å². The van der Waals surface area contributed by atoms with Crippen LogP contribution in [0.5, 0.6) is 0 Å². The SMILES string of the molecule is Cc1ccc(C=C2SC(=Nc3ccc(Cl)cc3)N(c3ccc(Cl)cc3)C2=O)cc1. The fourth-order valence-electron chi connectivity index (χ4n) is 2.81. The first-order valence-corrected chi connectivity index (χ1v) is 10.5. The topological polar surface area (TPSA) is 32.7 Å². The lowest BCUT2D eigenvalue weighted by Crippen LogP contribution is -2.28. The van der Waals surface area contributed by atoms with Gasteiger partial charge in [-0.2, -0.15) is 0 Å². The molecule has 1 aliphatic rings. The molecule has 0 aliphatic carbocycles. The van der Waals surface area contributed by atoms with Crippen molar-refractivity contribution in [2.75, 3.05) is 4.90 Å². The summed E-state index contributed by atoms with van der Waals surface area (Å²) in [4.78, 5) is 20.1. The number of carbonyl (C=O) groups is 1. The quantitative estimate of drug-likeness (QED) is 0.408. The maximum atomic E-state index is 13.2. The Morgan fingerprint density at radius 1 is 0.862 bits per heavy atom. The molecule has 0 N–H and O–H groups in total. The normalized spacial score (nSPS) is 16.8. The van der Waals surface area contributed by atoms with Crippen molar-refractivity contribution in [1.82, 2.24) is 0 Å². The number of halogens is 2. The van der Waals surface area contributed by atoms with E-state index in [1.807, 2.05) is 61.5 Å². The molecule has 0 radical (unpaired) electrons. The summed E-state index contributed by atoms with van der Waals surface area (Å²) < 4.78 is 0. The monoisotopic (exact) mass is 438 g/mol. The molecule has 3 aromatic rings. The van der Waals surface area contributed by atoms with Crippen LogP contribution in [0.15, 0.2) is 82.7 Å². The summed E-state index contributed by atoms with van der Waals surface area (Å²) in [6.45, 7) is 2.03. The van der Waals surface area contributed by atoms with E-state index in [4.69, 9.17) is 23.2 Å². The third-order valence-corrected chi connectivity index (χ3v) is 5.79. The van der Waals surface area contributed by atoms with E-state index in [9.17, 15) is 4.79 Å². The molecule has 0 aromatic heterocycles. The number of hydrogen-bond donors (Lipinski definition) is 0. The molecule has 0 bridgehead atoms. The summed E-state index contributed by atoms with van der Waals surface area (Å²) in [5.41, 5.74) is 3.58. The van der Waals surface area contributed by atoms with Gasteiger partial charge in [-0.15, -0.1) is 0 Å². The molecular formula is C23H16Cl2N2OS. The van der Waals surface area contributed by atoms with Crippen LogP contribution in [0, 0.1) is 6.92 Å². The summed E-state index contributed by atoms with van der Waals surface area (Å²) in [5.74, 6) is -0.120. The molecule has 1 heterocycles. The Hall–Kier alpha value is -2.53. The van der Waals surface area contributed by atoms with Gasteiger partial charge in [0.15, 0.2) is 5.17 Å². The highest BCUT2D eigenvalue weighted by molar-refractivity contribution is 8.19. The zero-order valence-electron chi connectivity index (χ0n) is 15.5. The van der Waals surface area contributed by atoms with Gasteiger partial charge < -0.3 is 0 Å². The van der Waals surface area contributed by atoms with Crippen molar-refractivity contribution in [1.29, 1.82) is 0 Å². The minimum Gasteiger partial charge on any atom is -0.268 e. The van der Waals surface area contributed by atoms with Gasteiger partial charge >= 0.3 is 0 Å². The second kappa shape index (κ2) is 8.46. The van der Waals surface area contributed by atoms with Crippen LogP contribution in [0.2, 0.25) is 10.0 Å². The summed E-state index contributed by atoms with van der Waals surface area (Å²) >= 11 is 13.3. The van der Waals surface area contributed by atoms with Gasteiger partial charge in [-0.1, -0.05) is 53.0 Å². The van der Waals surface area contributed by atoms with E-state index in [1.54, 1.807) is 29.2 Å². The molecule has 1 aliphatic heterocycles. The minimum absolute atomic E-state index is 0.120. The average Bonchev–Trinajstić information content (AvgIpc) is 3.01. The van der Waals surface area contributed by atoms with Crippen LogP contribution in [-0.4, -0.2) is 11.1 Å². The fraction of sp³-hybridized carbons (Fsp3) is 0.0435. The van der Waals surface area contributed by atoms with Gasteiger partial charge in [-0.3, -0.25) is 9.69 Å². The highest BCUT2D eigenvalue weighted by atomic mass is 35.5. The van der Waals surface area contributed by atoms with Gasteiger partial charge in [-0.25, -0.2) is 4.99 Å². The van der Waals surface area contributed by atoms with E-state index in [2.05, 4.69) is 4.99 Å². The lowest BCUT2D eigenvalue weighted by molar-refractivity contribution is -0.113. The van der Waals surface area contributed by atoms with Crippen molar-refractivity contribution in [3.05, 3.63) is 98.9 Å². The van der Waals surface area contributed by atoms with Crippen LogP contribution in [-0.2, 0) is 4.79 Å². The number of benzene rings is 3. The lowest BCUT2D eigenvalue weighted by Gasteiger charge is -2.15. The van der Waals surface area contributed by atoms with E-state index in [0.29, 0.717) is 25.8 Å². The second-order valence-corrected chi connectivity index (χ2v) is 8.39. The first kappa shape index (κ1) is 19.8. The number of rotatable bonds is 3. The smallest absolute Gasteiger partial charge is 0.268 e. The van der Waals surface area contributed by atoms with Crippen molar-refractivity contribution in [2.24, 2.45) is 4.99 Å². The first-order valence-electron chi connectivity index (χ1n) is 8.90. The molecule has 0 saturated carbocycles. The molecular weight excluding hydrogens is 423 g/mol. The van der Waals surface area contributed by atoms with Gasteiger partial charge in [0.1, 0.15) is 0 Å². The molecule has 1 saturated heterocycles. The summed E-state index contributed by atoms with van der Waals surface area (Å²) in [5, 5.41) is 1.83. The Kier molecular flexibility index (Phi) is 5.76. The molecule has 3 nitrogen and oxygen atoms in total. The number of hydrogen-bond acceptors (Lipinski definition) is 3. The van der Waals surface area contributed by atoms with Gasteiger partial charge in [0.05, 0.1) is 16.3 Å². The van der Waals surface area contributed by atoms with Crippen molar-refractivity contribution < 1.29 is 4.79 Å². The van der Waals surface area contributed by atoms with E-state index in [1.165, 1.54) is 17.3 Å². The predicted octanol–water partition coefficient (Wildman–Crippen LogP) is 7.11. The molecule has 29 heavy (non-hydrogen) atoms. The van der Waals surface area contributed by atoms with Gasteiger partial charge in [0, 0.05) is 10.0 Å². The van der Waals surface area contributed by atoms with Crippen molar-refractivity contribution >= 4 is 63.5 Å². The van der Waals surface area contributed by atoms with Crippen molar-refractivity contribution in [2.45, 2.75) is 6.92 Å². The zero-order valence-corrected chi connectivity index (χ0v) is 17.8. The number of nitrogens with zero attached hydrogens (tertiary/aromatic N) is 2. The van der Waals surface area contributed by atoms with E-state index in [-0.39, 0.29) is 5.91 Å². The maximum absolute atomic E-state index is 13.2. The van der Waals surface area contributed by atoms with Crippen molar-refractivity contribution in [3.63, 3.8) is 0 Å². The third-order valence-electron chi connectivity index (χ3n) is 4.32. The summed E-state index contributed by atoms with van der Waals surface area (Å²) in [6.07, 6.45) is 1.89. The number of carbonyl (C=O) groups excluding carboxylic acids is 1. The van der Waals surface area contributed by atoms with Crippen LogP contribution in [0.4, 0.5) is 11.4 Å². The van der Waals surface area contributed by atoms with Crippen LogP contribution in [0.3, 0.4) is 0 Å². The molecule has 6 heteroatoms. The Morgan fingerprint density at radius 3 is 2.07 bits per heavy atom. The number of amidine groups is 1. The van der Waals surface area contributed by atoms with Gasteiger partial charge in [0.25, 0.3) is 5.91 Å². The Bertz CT molecular complexity index is 1110. The molecule has 3 aromatic carbocycles. The minimum atomic E-state index is -0.120. The molecule has 1 amide bonds. The summed E-state index contributed by atoms with van der Waals surface area (Å²) in [7, 11) is 0. The molecule has 0 atom stereocenters. The predicted molar refractivity (Wildman–Crippen MR) is 124 cm³/mol. The van der Waals surface area contributed by atoms with Crippen LogP contribution >= 0.6 is 35.0 Å². The maximum Gasteiger partial charge on any atom is 0.271 e. The number of amides is 1. The standard InChI is InChI=1S/C23H16Cl2N2OS/c1-15-2-4-16(5-3-15)14-21-22(28)27(20-12-8-18(25)9-13-20)23(29-21)26-19-10-6-17(24)7-11-19/h2-14H,1H3. The molecule has 1 fully saturated rings. The highest BCUT2D eigenvalue weighted by Crippen LogP contribution is 2.37. The molecule has 4 rings (SSSR count). The number of aliphatic imine (C=N–C) groups is 1. The zero-order chi connectivity index (χ0) is 20.4. The highest BCUT2D eigenvalue weighted by Gasteiger charge is 2.34. The second-order valence-electron chi connectivity index (χ2n) is 6.51. The molecule has 0 unspecified atom stereocenters.